The lowest BCUT2D eigenvalue weighted by Crippen LogP contribution is -2.30. The third-order valence-corrected chi connectivity index (χ3v) is 9.91. The zero-order valence-corrected chi connectivity index (χ0v) is 28.9. The maximum absolute atomic E-state index is 13.5. The first-order chi connectivity index (χ1) is 23.1. The van der Waals surface area contributed by atoms with Gasteiger partial charge < -0.3 is 16.0 Å². The Morgan fingerprint density at radius 1 is 0.917 bits per heavy atom. The van der Waals surface area contributed by atoms with Crippen molar-refractivity contribution in [3.05, 3.63) is 140 Å². The lowest BCUT2D eigenvalue weighted by atomic mass is 10.0. The van der Waals surface area contributed by atoms with Gasteiger partial charge in [0.15, 0.2) is 0 Å². The van der Waals surface area contributed by atoms with E-state index in [2.05, 4.69) is 22.0 Å². The molecule has 1 heterocycles. The van der Waals surface area contributed by atoms with Gasteiger partial charge in [-0.1, -0.05) is 89.4 Å². The molecule has 0 bridgehead atoms. The van der Waals surface area contributed by atoms with Crippen molar-refractivity contribution in [2.75, 3.05) is 10.6 Å². The van der Waals surface area contributed by atoms with Crippen LogP contribution in [-0.2, 0) is 9.59 Å². The molecule has 48 heavy (non-hydrogen) atoms. The number of thioether (sulfide) groups is 1. The standard InChI is InChI=1S/C37H28Cl2N4O3S2/c1-22-14-16-24(17-15-22)30-21-47-37(29(30)20-40)43-34(44)23(2)48-28-12-7-11-27(19-28)41-36(46)32(18-26-10-6-13-31(38)33(26)39)42-35(45)25-8-4-3-5-9-25/h3-19,21,23H,1-2H3,(H,41,46)(H,42,45)(H,43,44)/b32-18+. The Bertz CT molecular complexity index is 2060. The van der Waals surface area contributed by atoms with Gasteiger partial charge in [0.2, 0.25) is 5.91 Å². The molecule has 3 amide bonds. The second kappa shape index (κ2) is 15.8. The highest BCUT2D eigenvalue weighted by Crippen LogP contribution is 2.36. The van der Waals surface area contributed by atoms with E-state index in [1.807, 2.05) is 42.6 Å². The minimum atomic E-state index is -0.589. The summed E-state index contributed by atoms with van der Waals surface area (Å²) in [7, 11) is 0. The maximum Gasteiger partial charge on any atom is 0.272 e. The van der Waals surface area contributed by atoms with Crippen LogP contribution in [-0.4, -0.2) is 23.0 Å². The van der Waals surface area contributed by atoms with Gasteiger partial charge in [-0.25, -0.2) is 0 Å². The Morgan fingerprint density at radius 2 is 1.65 bits per heavy atom. The van der Waals surface area contributed by atoms with Crippen molar-refractivity contribution in [1.82, 2.24) is 5.32 Å². The van der Waals surface area contributed by atoms with Crippen LogP contribution in [0.4, 0.5) is 10.7 Å². The molecule has 0 radical (unpaired) electrons. The minimum absolute atomic E-state index is 0.0481. The monoisotopic (exact) mass is 710 g/mol. The summed E-state index contributed by atoms with van der Waals surface area (Å²) in [4.78, 5) is 40.5. The number of carbonyl (C=O) groups is 3. The fraction of sp³-hybridized carbons (Fsp3) is 0.0811. The van der Waals surface area contributed by atoms with Crippen LogP contribution < -0.4 is 16.0 Å². The smallest absolute Gasteiger partial charge is 0.272 e. The van der Waals surface area contributed by atoms with E-state index in [0.29, 0.717) is 32.4 Å². The number of nitrogens with zero attached hydrogens (tertiary/aromatic N) is 1. The van der Waals surface area contributed by atoms with Gasteiger partial charge in [0.1, 0.15) is 16.8 Å². The Morgan fingerprint density at radius 3 is 2.38 bits per heavy atom. The molecule has 1 unspecified atom stereocenters. The number of thiophene rings is 1. The summed E-state index contributed by atoms with van der Waals surface area (Å²) in [5, 5.41) is 20.7. The van der Waals surface area contributed by atoms with E-state index in [0.717, 1.165) is 21.6 Å². The van der Waals surface area contributed by atoms with Crippen LogP contribution in [0.1, 0.15) is 34.0 Å². The number of aryl methyl sites for hydroxylation is 1. The van der Waals surface area contributed by atoms with Gasteiger partial charge in [-0.2, -0.15) is 5.26 Å². The number of anilines is 2. The van der Waals surface area contributed by atoms with Gasteiger partial charge in [-0.05, 0) is 67.4 Å². The lowest BCUT2D eigenvalue weighted by molar-refractivity contribution is -0.115. The molecule has 240 valence electrons. The molecule has 0 saturated heterocycles. The molecule has 11 heteroatoms. The molecule has 1 aromatic heterocycles. The van der Waals surface area contributed by atoms with Gasteiger partial charge in [-0.15, -0.1) is 23.1 Å². The van der Waals surface area contributed by atoms with E-state index in [-0.39, 0.29) is 16.6 Å². The summed E-state index contributed by atoms with van der Waals surface area (Å²) in [6, 6.07) is 30.6. The summed E-state index contributed by atoms with van der Waals surface area (Å²) in [5.41, 5.74) is 4.43. The number of carbonyl (C=O) groups excluding carboxylic acids is 3. The normalized spacial score (nSPS) is 11.7. The summed E-state index contributed by atoms with van der Waals surface area (Å²) in [6.45, 7) is 3.76. The molecular formula is C37H28Cl2N4O3S2. The zero-order valence-electron chi connectivity index (χ0n) is 25.7. The van der Waals surface area contributed by atoms with Gasteiger partial charge in [0, 0.05) is 27.1 Å². The zero-order chi connectivity index (χ0) is 34.2. The van der Waals surface area contributed by atoms with Gasteiger partial charge in [0.25, 0.3) is 11.8 Å². The van der Waals surface area contributed by atoms with E-state index in [1.54, 1.807) is 73.7 Å². The number of nitriles is 1. The van der Waals surface area contributed by atoms with Gasteiger partial charge >= 0.3 is 0 Å². The van der Waals surface area contributed by atoms with Crippen LogP contribution in [0, 0.1) is 18.3 Å². The molecule has 0 aliphatic carbocycles. The lowest BCUT2D eigenvalue weighted by Gasteiger charge is -2.14. The summed E-state index contributed by atoms with van der Waals surface area (Å²) in [6.07, 6.45) is 1.46. The van der Waals surface area contributed by atoms with Crippen molar-refractivity contribution in [3.63, 3.8) is 0 Å². The molecule has 4 aromatic carbocycles. The van der Waals surface area contributed by atoms with E-state index in [9.17, 15) is 19.6 Å². The first-order valence-corrected chi connectivity index (χ1v) is 17.1. The number of amides is 3. The average molecular weight is 712 g/mol. The molecular weight excluding hydrogens is 683 g/mol. The quantitative estimate of drug-likeness (QED) is 0.0988. The minimum Gasteiger partial charge on any atom is -0.321 e. The number of rotatable bonds is 10. The molecule has 0 spiro atoms. The number of hydrogen-bond donors (Lipinski definition) is 3. The summed E-state index contributed by atoms with van der Waals surface area (Å²) in [5.74, 6) is -1.33. The molecule has 3 N–H and O–H groups in total. The highest BCUT2D eigenvalue weighted by Gasteiger charge is 2.21. The highest BCUT2D eigenvalue weighted by atomic mass is 35.5. The van der Waals surface area contributed by atoms with Crippen LogP contribution in [0.25, 0.3) is 17.2 Å². The topological polar surface area (TPSA) is 111 Å². The molecule has 0 aliphatic heterocycles. The second-order valence-corrected chi connectivity index (χ2v) is 13.7. The fourth-order valence-corrected chi connectivity index (χ4v) is 6.76. The Balaban J connectivity index is 1.30. The summed E-state index contributed by atoms with van der Waals surface area (Å²) < 4.78 is 0. The van der Waals surface area contributed by atoms with E-state index < -0.39 is 17.1 Å². The van der Waals surface area contributed by atoms with E-state index in [1.165, 1.54) is 29.2 Å². The average Bonchev–Trinajstić information content (AvgIpc) is 3.49. The largest absolute Gasteiger partial charge is 0.321 e. The van der Waals surface area contributed by atoms with Gasteiger partial charge in [0.05, 0.1) is 20.9 Å². The molecule has 7 nitrogen and oxygen atoms in total. The second-order valence-electron chi connectivity index (χ2n) is 10.6. The molecule has 0 fully saturated rings. The van der Waals surface area contributed by atoms with Crippen LogP contribution in [0.15, 0.2) is 113 Å². The van der Waals surface area contributed by atoms with Crippen molar-refractivity contribution >= 4 is 80.8 Å². The van der Waals surface area contributed by atoms with Crippen molar-refractivity contribution < 1.29 is 14.4 Å². The third kappa shape index (κ3) is 8.54. The summed E-state index contributed by atoms with van der Waals surface area (Å²) >= 11 is 15.2. The number of hydrogen-bond acceptors (Lipinski definition) is 6. The first-order valence-electron chi connectivity index (χ1n) is 14.6. The predicted molar refractivity (Wildman–Crippen MR) is 197 cm³/mol. The van der Waals surface area contributed by atoms with Crippen LogP contribution in [0.2, 0.25) is 10.0 Å². The predicted octanol–water partition coefficient (Wildman–Crippen LogP) is 9.43. The van der Waals surface area contributed by atoms with Crippen molar-refractivity contribution in [2.24, 2.45) is 0 Å². The van der Waals surface area contributed by atoms with Gasteiger partial charge in [-0.3, -0.25) is 14.4 Å². The Kier molecular flexibility index (Phi) is 11.4. The van der Waals surface area contributed by atoms with E-state index >= 15 is 0 Å². The van der Waals surface area contributed by atoms with Crippen LogP contribution in [0.5, 0.6) is 0 Å². The molecule has 5 rings (SSSR count). The molecule has 0 aliphatic rings. The highest BCUT2D eigenvalue weighted by molar-refractivity contribution is 8.00. The number of halogens is 2. The molecule has 1 atom stereocenters. The first kappa shape index (κ1) is 34.5. The third-order valence-electron chi connectivity index (χ3n) is 7.09. The fourth-order valence-electron chi connectivity index (χ4n) is 4.55. The SMILES string of the molecule is Cc1ccc(-c2csc(NC(=O)C(C)Sc3cccc(NC(=O)/C(=C\c4cccc(Cl)c4Cl)NC(=O)c4ccccc4)c3)c2C#N)cc1. The van der Waals surface area contributed by atoms with Crippen molar-refractivity contribution in [1.29, 1.82) is 5.26 Å². The van der Waals surface area contributed by atoms with Crippen LogP contribution in [0.3, 0.4) is 0 Å². The maximum atomic E-state index is 13.5. The van der Waals surface area contributed by atoms with Crippen molar-refractivity contribution in [2.45, 2.75) is 24.0 Å². The molecule has 0 saturated carbocycles. The van der Waals surface area contributed by atoms with Crippen LogP contribution >= 0.6 is 46.3 Å². The number of benzene rings is 4. The number of nitrogens with one attached hydrogen (secondary N) is 3. The Labute approximate surface area is 296 Å². The van der Waals surface area contributed by atoms with E-state index in [4.69, 9.17) is 23.2 Å². The van der Waals surface area contributed by atoms with Crippen molar-refractivity contribution in [3.8, 4) is 17.2 Å². The molecule has 5 aromatic rings. The Hall–Kier alpha value is -4.85.